The van der Waals surface area contributed by atoms with Crippen molar-refractivity contribution in [3.05, 3.63) is 65.4 Å². The molecule has 5 nitrogen and oxygen atoms in total. The number of carbonyl (C=O) groups is 2. The Labute approximate surface area is 160 Å². The van der Waals surface area contributed by atoms with Gasteiger partial charge in [-0.3, -0.25) is 9.59 Å². The molecule has 144 valence electrons. The van der Waals surface area contributed by atoms with Crippen molar-refractivity contribution in [3.63, 3.8) is 0 Å². The number of hydrogen-bond acceptors (Lipinski definition) is 4. The molecule has 0 aromatic heterocycles. The molecular formula is C21H18F2N2O3. The Kier molecular flexibility index (Phi) is 4.58. The molecule has 0 atom stereocenters. The molecule has 2 heterocycles. The first-order chi connectivity index (χ1) is 13.5. The molecule has 0 saturated carbocycles. The van der Waals surface area contributed by atoms with E-state index in [1.54, 1.807) is 24.3 Å². The molecule has 2 aromatic rings. The van der Waals surface area contributed by atoms with Crippen LogP contribution >= 0.6 is 0 Å². The second-order valence-corrected chi connectivity index (χ2v) is 6.69. The maximum Gasteiger partial charge on any atom is 0.282 e. The summed E-state index contributed by atoms with van der Waals surface area (Å²) in [6, 6.07) is 9.58. The van der Waals surface area contributed by atoms with Crippen LogP contribution in [0.3, 0.4) is 0 Å². The van der Waals surface area contributed by atoms with E-state index in [2.05, 4.69) is 0 Å². The quantitative estimate of drug-likeness (QED) is 0.759. The van der Waals surface area contributed by atoms with Crippen molar-refractivity contribution >= 4 is 23.1 Å². The average Bonchev–Trinajstić information content (AvgIpc) is 3.29. The molecule has 0 unspecified atom stereocenters. The SMILES string of the molecule is COc1ccc(C2=C(N3CCCC3)C(=O)N(c3ccc(F)cc3F)C2=O)cc1. The molecule has 4 rings (SSSR count). The monoisotopic (exact) mass is 384 g/mol. The Morgan fingerprint density at radius 1 is 0.929 bits per heavy atom. The molecule has 1 fully saturated rings. The summed E-state index contributed by atoms with van der Waals surface area (Å²) in [5.74, 6) is -2.34. The number of hydrogen-bond donors (Lipinski definition) is 0. The van der Waals surface area contributed by atoms with Crippen molar-refractivity contribution in [2.75, 3.05) is 25.1 Å². The first kappa shape index (κ1) is 18.2. The van der Waals surface area contributed by atoms with Crippen molar-refractivity contribution in [1.29, 1.82) is 0 Å². The van der Waals surface area contributed by atoms with E-state index in [1.807, 2.05) is 4.90 Å². The Balaban J connectivity index is 1.83. The van der Waals surface area contributed by atoms with E-state index in [0.717, 1.165) is 29.9 Å². The molecule has 2 aliphatic heterocycles. The molecule has 1 saturated heterocycles. The number of anilines is 1. The number of rotatable bonds is 4. The van der Waals surface area contributed by atoms with E-state index in [-0.39, 0.29) is 17.0 Å². The van der Waals surface area contributed by atoms with Crippen molar-refractivity contribution in [3.8, 4) is 5.75 Å². The van der Waals surface area contributed by atoms with Crippen LogP contribution in [0.1, 0.15) is 18.4 Å². The highest BCUT2D eigenvalue weighted by Gasteiger charge is 2.43. The third kappa shape index (κ3) is 2.93. The molecule has 2 aliphatic rings. The fourth-order valence-electron chi connectivity index (χ4n) is 3.65. The summed E-state index contributed by atoms with van der Waals surface area (Å²) in [6.45, 7) is 1.29. The summed E-state index contributed by atoms with van der Waals surface area (Å²) >= 11 is 0. The molecule has 0 radical (unpaired) electrons. The van der Waals surface area contributed by atoms with Crippen LogP contribution in [0.2, 0.25) is 0 Å². The van der Waals surface area contributed by atoms with Gasteiger partial charge in [-0.2, -0.15) is 0 Å². The molecule has 2 aromatic carbocycles. The molecule has 0 aliphatic carbocycles. The molecule has 28 heavy (non-hydrogen) atoms. The van der Waals surface area contributed by atoms with Gasteiger partial charge < -0.3 is 9.64 Å². The topological polar surface area (TPSA) is 49.9 Å². The van der Waals surface area contributed by atoms with Crippen LogP contribution in [-0.2, 0) is 9.59 Å². The minimum Gasteiger partial charge on any atom is -0.497 e. The van der Waals surface area contributed by atoms with Crippen LogP contribution in [0.25, 0.3) is 5.57 Å². The van der Waals surface area contributed by atoms with E-state index < -0.39 is 23.4 Å². The first-order valence-electron chi connectivity index (χ1n) is 8.98. The number of ether oxygens (including phenoxy) is 1. The predicted octanol–water partition coefficient (Wildman–Crippen LogP) is 3.35. The lowest BCUT2D eigenvalue weighted by molar-refractivity contribution is -0.120. The number of carbonyl (C=O) groups excluding carboxylic acids is 2. The largest absolute Gasteiger partial charge is 0.497 e. The summed E-state index contributed by atoms with van der Waals surface area (Å²) in [6.07, 6.45) is 1.82. The molecule has 0 bridgehead atoms. The lowest BCUT2D eigenvalue weighted by atomic mass is 10.0. The molecule has 2 amide bonds. The van der Waals surface area contributed by atoms with E-state index in [9.17, 15) is 18.4 Å². The van der Waals surface area contributed by atoms with Crippen LogP contribution in [0.15, 0.2) is 48.2 Å². The number of halogens is 2. The van der Waals surface area contributed by atoms with Gasteiger partial charge in [-0.25, -0.2) is 13.7 Å². The minimum absolute atomic E-state index is 0.221. The normalized spacial score (nSPS) is 17.1. The van der Waals surface area contributed by atoms with Gasteiger partial charge in [0, 0.05) is 19.2 Å². The van der Waals surface area contributed by atoms with Crippen molar-refractivity contribution in [2.45, 2.75) is 12.8 Å². The number of amides is 2. The van der Waals surface area contributed by atoms with Crippen molar-refractivity contribution in [2.24, 2.45) is 0 Å². The fourth-order valence-corrected chi connectivity index (χ4v) is 3.65. The second kappa shape index (κ2) is 7.07. The Bertz CT molecular complexity index is 980. The number of imide groups is 1. The third-order valence-corrected chi connectivity index (χ3v) is 5.01. The van der Waals surface area contributed by atoms with Crippen LogP contribution in [0.5, 0.6) is 5.75 Å². The summed E-state index contributed by atoms with van der Waals surface area (Å²) in [4.78, 5) is 29.0. The summed E-state index contributed by atoms with van der Waals surface area (Å²) in [5, 5.41) is 0. The Morgan fingerprint density at radius 2 is 1.61 bits per heavy atom. The lowest BCUT2D eigenvalue weighted by Gasteiger charge is -2.20. The Hall–Kier alpha value is -3.22. The molecular weight excluding hydrogens is 366 g/mol. The van der Waals surface area contributed by atoms with Crippen LogP contribution in [0, 0.1) is 11.6 Å². The van der Waals surface area contributed by atoms with Gasteiger partial charge in [-0.1, -0.05) is 12.1 Å². The van der Waals surface area contributed by atoms with Crippen molar-refractivity contribution in [1.82, 2.24) is 4.90 Å². The van der Waals surface area contributed by atoms with Crippen molar-refractivity contribution < 1.29 is 23.1 Å². The zero-order valence-electron chi connectivity index (χ0n) is 15.2. The predicted molar refractivity (Wildman–Crippen MR) is 99.6 cm³/mol. The molecule has 7 heteroatoms. The van der Waals surface area contributed by atoms with Crippen LogP contribution in [-0.4, -0.2) is 36.9 Å². The van der Waals surface area contributed by atoms with Gasteiger partial charge in [-0.15, -0.1) is 0 Å². The van der Waals surface area contributed by atoms with E-state index in [1.165, 1.54) is 7.11 Å². The first-order valence-corrected chi connectivity index (χ1v) is 8.98. The highest BCUT2D eigenvalue weighted by Crippen LogP contribution is 2.37. The average molecular weight is 384 g/mol. The smallest absolute Gasteiger partial charge is 0.282 e. The summed E-state index contributed by atoms with van der Waals surface area (Å²) in [7, 11) is 1.53. The maximum atomic E-state index is 14.3. The summed E-state index contributed by atoms with van der Waals surface area (Å²) in [5.41, 5.74) is 0.775. The highest BCUT2D eigenvalue weighted by atomic mass is 19.1. The van der Waals surface area contributed by atoms with Gasteiger partial charge in [0.15, 0.2) is 0 Å². The molecule has 0 N–H and O–H groups in total. The zero-order chi connectivity index (χ0) is 19.8. The number of likely N-dealkylation sites (tertiary alicyclic amines) is 1. The number of methoxy groups -OCH3 is 1. The number of benzene rings is 2. The van der Waals surface area contributed by atoms with Gasteiger partial charge in [0.2, 0.25) is 0 Å². The van der Waals surface area contributed by atoms with Gasteiger partial charge >= 0.3 is 0 Å². The maximum absolute atomic E-state index is 14.3. The van der Waals surface area contributed by atoms with Gasteiger partial charge in [-0.05, 0) is 42.7 Å². The molecule has 0 spiro atoms. The fraction of sp³-hybridized carbons (Fsp3) is 0.238. The van der Waals surface area contributed by atoms with Crippen LogP contribution in [0.4, 0.5) is 14.5 Å². The van der Waals surface area contributed by atoms with E-state index in [0.29, 0.717) is 30.5 Å². The standard InChI is InChI=1S/C21H18F2N2O3/c1-28-15-7-4-13(5-8-15)18-19(24-10-2-3-11-24)21(27)25(20(18)26)17-9-6-14(22)12-16(17)23/h4-9,12H,2-3,10-11H2,1H3. The second-order valence-electron chi connectivity index (χ2n) is 6.69. The zero-order valence-corrected chi connectivity index (χ0v) is 15.2. The van der Waals surface area contributed by atoms with Gasteiger partial charge in [0.05, 0.1) is 18.4 Å². The third-order valence-electron chi connectivity index (χ3n) is 5.01. The number of nitrogens with zero attached hydrogens (tertiary/aromatic N) is 2. The van der Waals surface area contributed by atoms with E-state index >= 15 is 0 Å². The lowest BCUT2D eigenvalue weighted by Crippen LogP contribution is -2.35. The highest BCUT2D eigenvalue weighted by molar-refractivity contribution is 6.45. The van der Waals surface area contributed by atoms with E-state index in [4.69, 9.17) is 4.74 Å². The van der Waals surface area contributed by atoms with Gasteiger partial charge in [0.25, 0.3) is 11.8 Å². The van der Waals surface area contributed by atoms with Gasteiger partial charge in [0.1, 0.15) is 23.1 Å². The Morgan fingerprint density at radius 3 is 2.21 bits per heavy atom. The summed E-state index contributed by atoms with van der Waals surface area (Å²) < 4.78 is 32.8. The minimum atomic E-state index is -0.960. The van der Waals surface area contributed by atoms with Crippen LogP contribution < -0.4 is 9.64 Å².